The summed E-state index contributed by atoms with van der Waals surface area (Å²) < 4.78 is 5.79. The molecule has 0 saturated carbocycles. The van der Waals surface area contributed by atoms with Crippen LogP contribution in [0.4, 0.5) is 5.69 Å². The third-order valence-electron chi connectivity index (χ3n) is 4.76. The number of thiocarbonyl (C=S) groups is 1. The number of anilines is 1. The zero-order chi connectivity index (χ0) is 19.7. The second-order valence-electron chi connectivity index (χ2n) is 7.12. The minimum atomic E-state index is -0.00218. The molecular formula is C22H23N3OS2. The number of aromatic nitrogens is 1. The molecule has 6 heteroatoms. The molecule has 0 radical (unpaired) electrons. The first-order valence-corrected chi connectivity index (χ1v) is 10.6. The van der Waals surface area contributed by atoms with Gasteiger partial charge in [-0.2, -0.15) is 0 Å². The molecule has 1 saturated heterocycles. The van der Waals surface area contributed by atoms with Crippen molar-refractivity contribution in [3.05, 3.63) is 76.2 Å². The zero-order valence-electron chi connectivity index (χ0n) is 16.1. The molecule has 1 aliphatic rings. The van der Waals surface area contributed by atoms with Gasteiger partial charge in [-0.3, -0.25) is 4.98 Å². The van der Waals surface area contributed by atoms with E-state index in [0.29, 0.717) is 5.11 Å². The van der Waals surface area contributed by atoms with Crippen molar-refractivity contribution in [2.24, 2.45) is 0 Å². The Morgan fingerprint density at radius 3 is 2.54 bits per heavy atom. The molecule has 2 atom stereocenters. The minimum Gasteiger partial charge on any atom is -0.491 e. The smallest absolute Gasteiger partial charge is 0.174 e. The fraction of sp³-hybridized carbons (Fsp3) is 0.273. The number of rotatable bonds is 5. The van der Waals surface area contributed by atoms with Crippen molar-refractivity contribution < 1.29 is 4.74 Å². The molecule has 4 rings (SSSR count). The van der Waals surface area contributed by atoms with E-state index < -0.39 is 0 Å². The summed E-state index contributed by atoms with van der Waals surface area (Å²) in [5.41, 5.74) is 3.31. The first-order valence-electron chi connectivity index (χ1n) is 9.36. The van der Waals surface area contributed by atoms with Gasteiger partial charge in [-0.1, -0.05) is 6.07 Å². The van der Waals surface area contributed by atoms with Gasteiger partial charge >= 0.3 is 0 Å². The summed E-state index contributed by atoms with van der Waals surface area (Å²) in [6.45, 7) is 6.21. The van der Waals surface area contributed by atoms with Crippen LogP contribution in [0.1, 0.15) is 42.1 Å². The maximum absolute atomic E-state index is 5.79. The lowest BCUT2D eigenvalue weighted by Gasteiger charge is -2.27. The Bertz CT molecular complexity index is 953. The minimum absolute atomic E-state index is 0.00218. The summed E-state index contributed by atoms with van der Waals surface area (Å²) in [5.74, 6) is 0.863. The van der Waals surface area contributed by atoms with E-state index in [2.05, 4.69) is 51.8 Å². The lowest BCUT2D eigenvalue weighted by atomic mass is 10.0. The van der Waals surface area contributed by atoms with E-state index in [1.165, 1.54) is 10.4 Å². The van der Waals surface area contributed by atoms with Gasteiger partial charge in [0.05, 0.1) is 23.9 Å². The fourth-order valence-electron chi connectivity index (χ4n) is 3.54. The Labute approximate surface area is 175 Å². The maximum atomic E-state index is 5.79. The molecule has 1 aromatic carbocycles. The molecule has 0 bridgehead atoms. The summed E-state index contributed by atoms with van der Waals surface area (Å²) in [6.07, 6.45) is 1.98. The number of ether oxygens (including phenoxy) is 1. The van der Waals surface area contributed by atoms with E-state index >= 15 is 0 Å². The molecule has 3 aromatic rings. The summed E-state index contributed by atoms with van der Waals surface area (Å²) in [7, 11) is 0. The normalized spacial score (nSPS) is 19.1. The quantitative estimate of drug-likeness (QED) is 0.570. The predicted octanol–water partition coefficient (Wildman–Crippen LogP) is 5.42. The number of thiophene rings is 1. The highest BCUT2D eigenvalue weighted by molar-refractivity contribution is 7.80. The monoisotopic (exact) mass is 409 g/mol. The third-order valence-corrected chi connectivity index (χ3v) is 6.16. The predicted molar refractivity (Wildman–Crippen MR) is 119 cm³/mol. The molecule has 0 aliphatic carbocycles. The van der Waals surface area contributed by atoms with Crippen LogP contribution >= 0.6 is 23.6 Å². The molecular weight excluding hydrogens is 386 g/mol. The lowest BCUT2D eigenvalue weighted by Crippen LogP contribution is -2.29. The van der Waals surface area contributed by atoms with Crippen molar-refractivity contribution in [1.29, 1.82) is 0 Å². The van der Waals surface area contributed by atoms with Crippen LogP contribution in [-0.2, 0) is 0 Å². The topological polar surface area (TPSA) is 37.4 Å². The number of pyridine rings is 1. The van der Waals surface area contributed by atoms with Crippen LogP contribution < -0.4 is 15.0 Å². The van der Waals surface area contributed by atoms with Crippen LogP contribution in [0.5, 0.6) is 5.75 Å². The van der Waals surface area contributed by atoms with Gasteiger partial charge in [-0.15, -0.1) is 11.3 Å². The first kappa shape index (κ1) is 18.9. The van der Waals surface area contributed by atoms with E-state index in [-0.39, 0.29) is 18.2 Å². The summed E-state index contributed by atoms with van der Waals surface area (Å²) in [4.78, 5) is 8.09. The van der Waals surface area contributed by atoms with Gasteiger partial charge in [0.2, 0.25) is 0 Å². The van der Waals surface area contributed by atoms with Gasteiger partial charge in [-0.25, -0.2) is 0 Å². The fourth-order valence-corrected chi connectivity index (χ4v) is 4.94. The molecule has 28 heavy (non-hydrogen) atoms. The second-order valence-corrected chi connectivity index (χ2v) is 8.46. The average Bonchev–Trinajstić information content (AvgIpc) is 3.25. The van der Waals surface area contributed by atoms with Crippen molar-refractivity contribution >= 4 is 34.4 Å². The number of hydrogen-bond donors (Lipinski definition) is 1. The summed E-state index contributed by atoms with van der Waals surface area (Å²) in [6, 6.07) is 16.4. The number of benzene rings is 1. The molecule has 3 heterocycles. The van der Waals surface area contributed by atoms with Crippen LogP contribution in [0.3, 0.4) is 0 Å². The van der Waals surface area contributed by atoms with Crippen molar-refractivity contribution in [2.45, 2.75) is 39.0 Å². The van der Waals surface area contributed by atoms with E-state index in [1.54, 1.807) is 11.3 Å². The van der Waals surface area contributed by atoms with Gasteiger partial charge < -0.3 is 15.0 Å². The SMILES string of the molecule is Cc1ccsc1[C@@H]1[C@H](c2ccccn2)NC(=S)N1c1ccc(OC(C)C)cc1. The average molecular weight is 410 g/mol. The number of nitrogens with one attached hydrogen (secondary N) is 1. The molecule has 2 aromatic heterocycles. The standard InChI is InChI=1S/C22H23N3OS2/c1-14(2)26-17-9-7-16(8-10-17)25-20(21-15(3)11-13-28-21)19(24-22(25)27)18-6-4-5-12-23-18/h4-14,19-20H,1-3H3,(H,24,27)/t19-,20-/m0/s1. The van der Waals surface area contributed by atoms with E-state index in [9.17, 15) is 0 Å². The van der Waals surface area contributed by atoms with Crippen molar-refractivity contribution in [3.63, 3.8) is 0 Å². The van der Waals surface area contributed by atoms with Crippen molar-refractivity contribution in [1.82, 2.24) is 10.3 Å². The highest BCUT2D eigenvalue weighted by Crippen LogP contribution is 2.44. The molecule has 1 N–H and O–H groups in total. The van der Waals surface area contributed by atoms with E-state index in [4.69, 9.17) is 17.0 Å². The maximum Gasteiger partial charge on any atom is 0.174 e. The molecule has 144 valence electrons. The lowest BCUT2D eigenvalue weighted by molar-refractivity contribution is 0.242. The Morgan fingerprint density at radius 1 is 1.14 bits per heavy atom. The van der Waals surface area contributed by atoms with Gasteiger partial charge in [0.25, 0.3) is 0 Å². The Kier molecular flexibility index (Phi) is 5.33. The van der Waals surface area contributed by atoms with Crippen LogP contribution in [0.15, 0.2) is 60.1 Å². The van der Waals surface area contributed by atoms with Crippen LogP contribution in [0.2, 0.25) is 0 Å². The van der Waals surface area contributed by atoms with Gasteiger partial charge in [0.1, 0.15) is 5.75 Å². The van der Waals surface area contributed by atoms with E-state index in [0.717, 1.165) is 17.1 Å². The molecule has 1 fully saturated rings. The van der Waals surface area contributed by atoms with Gasteiger partial charge in [0.15, 0.2) is 5.11 Å². The van der Waals surface area contributed by atoms with Crippen LogP contribution in [-0.4, -0.2) is 16.2 Å². The molecule has 4 nitrogen and oxygen atoms in total. The number of hydrogen-bond acceptors (Lipinski definition) is 4. The van der Waals surface area contributed by atoms with Gasteiger partial charge in [-0.05, 0) is 86.4 Å². The van der Waals surface area contributed by atoms with E-state index in [1.807, 2.05) is 44.3 Å². The number of nitrogens with zero attached hydrogens (tertiary/aromatic N) is 2. The largest absolute Gasteiger partial charge is 0.491 e. The van der Waals surface area contributed by atoms with Gasteiger partial charge in [0, 0.05) is 16.8 Å². The summed E-state index contributed by atoms with van der Waals surface area (Å²) >= 11 is 7.52. The Balaban J connectivity index is 1.74. The zero-order valence-corrected chi connectivity index (χ0v) is 17.8. The second kappa shape index (κ2) is 7.89. The molecule has 0 spiro atoms. The third kappa shape index (κ3) is 3.62. The van der Waals surface area contributed by atoms with Crippen LogP contribution in [0.25, 0.3) is 0 Å². The van der Waals surface area contributed by atoms with Crippen LogP contribution in [0, 0.1) is 6.92 Å². The number of aryl methyl sites for hydroxylation is 1. The molecule has 1 aliphatic heterocycles. The first-order chi connectivity index (χ1) is 13.5. The highest BCUT2D eigenvalue weighted by Gasteiger charge is 2.41. The Hall–Kier alpha value is -2.44. The van der Waals surface area contributed by atoms with Crippen molar-refractivity contribution in [2.75, 3.05) is 4.90 Å². The summed E-state index contributed by atoms with van der Waals surface area (Å²) in [5, 5.41) is 6.35. The highest BCUT2D eigenvalue weighted by atomic mass is 32.1. The molecule has 0 unspecified atom stereocenters. The Morgan fingerprint density at radius 2 is 1.93 bits per heavy atom. The molecule has 0 amide bonds. The van der Waals surface area contributed by atoms with Crippen molar-refractivity contribution in [3.8, 4) is 5.75 Å².